The Morgan fingerprint density at radius 3 is 2.69 bits per heavy atom. The van der Waals surface area contributed by atoms with Crippen LogP contribution in [0.25, 0.3) is 0 Å². The maximum absolute atomic E-state index is 13.4. The van der Waals surface area contributed by atoms with Crippen molar-refractivity contribution >= 4 is 29.4 Å². The number of likely N-dealkylation sites (tertiary alicyclic amines) is 1. The Balaban J connectivity index is 1.57. The topological polar surface area (TPSA) is 108 Å². The molecule has 9 heteroatoms. The molecule has 9 nitrogen and oxygen atoms in total. The first-order valence-electron chi connectivity index (χ1n) is 10.4. The highest BCUT2D eigenvalue weighted by molar-refractivity contribution is 6.08. The standard InChI is InChI=1S/C23H22N4O5/c1-32-15-6-4-5-14(11-15)20-23(16-7-2-3-8-17(16)24-21(23)30)9-10-27(20)19(29)13-26-12-18(28)25-22(26)31/h2-8,11,20H,9-10,12-13H2,1H3,(H,24,30)(H,25,28,31)/t20-,23+/m0/s1. The summed E-state index contributed by atoms with van der Waals surface area (Å²) in [6.07, 6.45) is 0.439. The van der Waals surface area contributed by atoms with Crippen molar-refractivity contribution in [1.82, 2.24) is 15.1 Å². The van der Waals surface area contributed by atoms with Gasteiger partial charge in [0.25, 0.3) is 0 Å². The molecule has 5 amide bonds. The number of nitrogens with zero attached hydrogens (tertiary/aromatic N) is 2. The molecule has 164 valence electrons. The second kappa shape index (κ2) is 7.37. The van der Waals surface area contributed by atoms with Crippen molar-refractivity contribution in [1.29, 1.82) is 0 Å². The lowest BCUT2D eigenvalue weighted by molar-refractivity contribution is -0.134. The lowest BCUT2D eigenvalue weighted by atomic mass is 9.72. The first kappa shape index (κ1) is 20.0. The maximum Gasteiger partial charge on any atom is 0.325 e. The zero-order valence-corrected chi connectivity index (χ0v) is 17.5. The van der Waals surface area contributed by atoms with Gasteiger partial charge in [-0.2, -0.15) is 0 Å². The van der Waals surface area contributed by atoms with Gasteiger partial charge in [0.2, 0.25) is 17.7 Å². The molecular weight excluding hydrogens is 412 g/mol. The summed E-state index contributed by atoms with van der Waals surface area (Å²) in [4.78, 5) is 53.1. The van der Waals surface area contributed by atoms with Crippen molar-refractivity contribution in [2.24, 2.45) is 0 Å². The van der Waals surface area contributed by atoms with Crippen molar-refractivity contribution in [2.75, 3.05) is 32.1 Å². The number of hydrogen-bond acceptors (Lipinski definition) is 5. The second-order valence-corrected chi connectivity index (χ2v) is 8.20. The Morgan fingerprint density at radius 2 is 1.94 bits per heavy atom. The number of carbonyl (C=O) groups is 4. The SMILES string of the molecule is COc1cccc([C@@H]2N(C(=O)CN3CC(=O)NC3=O)CC[C@]23C(=O)Nc2ccccc23)c1. The van der Waals surface area contributed by atoms with Gasteiger partial charge in [0, 0.05) is 12.2 Å². The van der Waals surface area contributed by atoms with Crippen LogP contribution in [0, 0.1) is 0 Å². The van der Waals surface area contributed by atoms with Crippen molar-refractivity contribution in [3.63, 3.8) is 0 Å². The Labute approximate surface area is 184 Å². The third-order valence-electron chi connectivity index (χ3n) is 6.51. The molecule has 2 atom stereocenters. The average molecular weight is 434 g/mol. The lowest BCUT2D eigenvalue weighted by Gasteiger charge is -2.35. The molecule has 32 heavy (non-hydrogen) atoms. The summed E-state index contributed by atoms with van der Waals surface area (Å²) in [5.41, 5.74) is 1.40. The summed E-state index contributed by atoms with van der Waals surface area (Å²) in [6, 6.07) is 13.7. The number of carbonyl (C=O) groups excluding carboxylic acids is 4. The van der Waals surface area contributed by atoms with Gasteiger partial charge in [0.15, 0.2) is 0 Å². The predicted octanol–water partition coefficient (Wildman–Crippen LogP) is 1.41. The second-order valence-electron chi connectivity index (χ2n) is 8.20. The number of ether oxygens (including phenoxy) is 1. The van der Waals surface area contributed by atoms with E-state index in [1.807, 2.05) is 42.5 Å². The summed E-state index contributed by atoms with van der Waals surface area (Å²) in [5, 5.41) is 5.16. The molecule has 0 unspecified atom stereocenters. The van der Waals surface area contributed by atoms with Crippen LogP contribution in [-0.4, -0.2) is 60.3 Å². The van der Waals surface area contributed by atoms with Gasteiger partial charge in [0.1, 0.15) is 24.3 Å². The molecule has 0 aliphatic carbocycles. The van der Waals surface area contributed by atoms with E-state index in [9.17, 15) is 19.2 Å². The van der Waals surface area contributed by atoms with Crippen LogP contribution < -0.4 is 15.4 Å². The molecule has 1 spiro atoms. The molecule has 2 aromatic rings. The van der Waals surface area contributed by atoms with E-state index in [4.69, 9.17) is 4.74 Å². The van der Waals surface area contributed by atoms with E-state index < -0.39 is 23.4 Å². The number of benzene rings is 2. The zero-order chi connectivity index (χ0) is 22.5. The lowest BCUT2D eigenvalue weighted by Crippen LogP contribution is -2.46. The molecule has 3 aliphatic heterocycles. The number of amides is 5. The summed E-state index contributed by atoms with van der Waals surface area (Å²) >= 11 is 0. The molecule has 0 aromatic heterocycles. The molecule has 0 saturated carbocycles. The van der Waals surface area contributed by atoms with E-state index in [-0.39, 0.29) is 24.9 Å². The Hall–Kier alpha value is -3.88. The first-order chi connectivity index (χ1) is 15.4. The molecule has 3 aliphatic rings. The Morgan fingerprint density at radius 1 is 1.12 bits per heavy atom. The number of methoxy groups -OCH3 is 1. The zero-order valence-electron chi connectivity index (χ0n) is 17.5. The van der Waals surface area contributed by atoms with E-state index in [2.05, 4.69) is 10.6 Å². The smallest absolute Gasteiger partial charge is 0.325 e. The number of urea groups is 1. The Kier molecular flexibility index (Phi) is 4.61. The molecule has 2 aromatic carbocycles. The number of nitrogens with one attached hydrogen (secondary N) is 2. The molecule has 2 saturated heterocycles. The van der Waals surface area contributed by atoms with Crippen LogP contribution >= 0.6 is 0 Å². The number of rotatable bonds is 4. The first-order valence-corrected chi connectivity index (χ1v) is 10.4. The van der Waals surface area contributed by atoms with E-state index in [1.54, 1.807) is 18.1 Å². The number of fused-ring (bicyclic) bond motifs is 2. The van der Waals surface area contributed by atoms with Crippen LogP contribution in [0.15, 0.2) is 48.5 Å². The van der Waals surface area contributed by atoms with Crippen molar-refractivity contribution in [3.8, 4) is 5.75 Å². The summed E-state index contributed by atoms with van der Waals surface area (Å²) < 4.78 is 5.39. The van der Waals surface area contributed by atoms with Crippen LogP contribution in [-0.2, 0) is 19.8 Å². The number of para-hydroxylation sites is 1. The van der Waals surface area contributed by atoms with Gasteiger partial charge in [-0.25, -0.2) is 4.79 Å². The molecule has 2 N–H and O–H groups in total. The number of imide groups is 1. The van der Waals surface area contributed by atoms with E-state index in [0.717, 1.165) is 16.8 Å². The summed E-state index contributed by atoms with van der Waals surface area (Å²) in [5.74, 6) is -0.296. The van der Waals surface area contributed by atoms with E-state index in [0.29, 0.717) is 18.7 Å². The van der Waals surface area contributed by atoms with E-state index >= 15 is 0 Å². The largest absolute Gasteiger partial charge is 0.497 e. The predicted molar refractivity (Wildman–Crippen MR) is 114 cm³/mol. The fraction of sp³-hybridized carbons (Fsp3) is 0.304. The molecule has 0 bridgehead atoms. The van der Waals surface area contributed by atoms with Gasteiger partial charge in [0.05, 0.1) is 13.2 Å². The van der Waals surface area contributed by atoms with Crippen LogP contribution in [0.2, 0.25) is 0 Å². The molecule has 5 rings (SSSR count). The maximum atomic E-state index is 13.4. The van der Waals surface area contributed by atoms with Gasteiger partial charge in [-0.1, -0.05) is 30.3 Å². The average Bonchev–Trinajstić information content (AvgIpc) is 3.43. The Bertz CT molecular complexity index is 1150. The van der Waals surface area contributed by atoms with Gasteiger partial charge < -0.3 is 19.9 Å². The third kappa shape index (κ3) is 2.92. The minimum absolute atomic E-state index is 0.156. The number of hydrogen-bond donors (Lipinski definition) is 2. The quantitative estimate of drug-likeness (QED) is 0.708. The van der Waals surface area contributed by atoms with Crippen LogP contribution in [0.3, 0.4) is 0 Å². The van der Waals surface area contributed by atoms with Crippen molar-refractivity contribution < 1.29 is 23.9 Å². The highest BCUT2D eigenvalue weighted by Gasteiger charge is 2.59. The molecule has 0 radical (unpaired) electrons. The monoisotopic (exact) mass is 434 g/mol. The third-order valence-corrected chi connectivity index (χ3v) is 6.51. The number of anilines is 1. The van der Waals surface area contributed by atoms with Gasteiger partial charge in [-0.3, -0.25) is 19.7 Å². The summed E-state index contributed by atoms with van der Waals surface area (Å²) in [6.45, 7) is -0.0556. The van der Waals surface area contributed by atoms with Crippen LogP contribution in [0.4, 0.5) is 10.5 Å². The fourth-order valence-corrected chi connectivity index (χ4v) is 5.10. The van der Waals surface area contributed by atoms with Crippen molar-refractivity contribution in [3.05, 3.63) is 59.7 Å². The molecular formula is C23H22N4O5. The highest BCUT2D eigenvalue weighted by atomic mass is 16.5. The van der Waals surface area contributed by atoms with Gasteiger partial charge in [-0.15, -0.1) is 0 Å². The highest BCUT2D eigenvalue weighted by Crippen LogP contribution is 2.54. The molecule has 2 fully saturated rings. The van der Waals surface area contributed by atoms with Crippen molar-refractivity contribution in [2.45, 2.75) is 17.9 Å². The van der Waals surface area contributed by atoms with Gasteiger partial charge in [-0.05, 0) is 35.7 Å². The van der Waals surface area contributed by atoms with Gasteiger partial charge >= 0.3 is 6.03 Å². The van der Waals surface area contributed by atoms with Crippen LogP contribution in [0.1, 0.15) is 23.6 Å². The fourth-order valence-electron chi connectivity index (χ4n) is 5.10. The molecule has 3 heterocycles. The summed E-state index contributed by atoms with van der Waals surface area (Å²) in [7, 11) is 1.56. The minimum Gasteiger partial charge on any atom is -0.497 e. The van der Waals surface area contributed by atoms with Crippen LogP contribution in [0.5, 0.6) is 5.75 Å². The normalized spacial score (nSPS) is 24.0. The minimum atomic E-state index is -0.957. The van der Waals surface area contributed by atoms with E-state index in [1.165, 1.54) is 4.90 Å².